The Labute approximate surface area is 260 Å². The lowest BCUT2D eigenvalue weighted by Gasteiger charge is -2.14. The summed E-state index contributed by atoms with van der Waals surface area (Å²) in [5.74, 6) is 0.644. The standard InChI is InChI=1S/C34H33N3O6S/c1-22(32(38)35-25-10-14-27(41-2)15-11-25)44-29-17-12-26(13-18-29)36-34(40)30(37-33(39)23-8-6-5-7-9-23)21-24-20-28(42-3)16-19-31(24)43-4/h5-22H,1-4H3,(H,35,38)(H,36,40)(H,37,39)/b30-21-. The van der Waals surface area contributed by atoms with Crippen molar-refractivity contribution in [3.8, 4) is 17.2 Å². The zero-order valence-electron chi connectivity index (χ0n) is 24.8. The van der Waals surface area contributed by atoms with Crippen LogP contribution >= 0.6 is 11.8 Å². The van der Waals surface area contributed by atoms with E-state index in [-0.39, 0.29) is 16.9 Å². The Balaban J connectivity index is 1.47. The summed E-state index contributed by atoms with van der Waals surface area (Å²) in [6, 6.07) is 28.0. The highest BCUT2D eigenvalue weighted by atomic mass is 32.2. The predicted molar refractivity (Wildman–Crippen MR) is 173 cm³/mol. The van der Waals surface area contributed by atoms with Crippen molar-refractivity contribution in [3.05, 3.63) is 114 Å². The summed E-state index contributed by atoms with van der Waals surface area (Å²) in [6.07, 6.45) is 1.53. The van der Waals surface area contributed by atoms with Crippen molar-refractivity contribution in [2.45, 2.75) is 17.1 Å². The molecule has 44 heavy (non-hydrogen) atoms. The molecule has 0 aliphatic rings. The largest absolute Gasteiger partial charge is 0.497 e. The topological polar surface area (TPSA) is 115 Å². The van der Waals surface area contributed by atoms with E-state index < -0.39 is 11.8 Å². The second kappa shape index (κ2) is 15.3. The van der Waals surface area contributed by atoms with E-state index in [1.165, 1.54) is 32.1 Å². The van der Waals surface area contributed by atoms with Crippen molar-refractivity contribution < 1.29 is 28.6 Å². The van der Waals surface area contributed by atoms with E-state index in [2.05, 4.69) is 16.0 Å². The number of thioether (sulfide) groups is 1. The van der Waals surface area contributed by atoms with Crippen LogP contribution < -0.4 is 30.2 Å². The quantitative estimate of drug-likeness (QED) is 0.128. The number of methoxy groups -OCH3 is 3. The number of carbonyl (C=O) groups is 3. The number of ether oxygens (including phenoxy) is 3. The van der Waals surface area contributed by atoms with E-state index in [1.807, 2.05) is 19.1 Å². The Hall–Kier alpha value is -5.22. The fraction of sp³-hybridized carbons (Fsp3) is 0.147. The van der Waals surface area contributed by atoms with Gasteiger partial charge in [-0.1, -0.05) is 18.2 Å². The van der Waals surface area contributed by atoms with Crippen molar-refractivity contribution in [2.75, 3.05) is 32.0 Å². The van der Waals surface area contributed by atoms with Crippen LogP contribution in [0, 0.1) is 0 Å². The molecule has 0 heterocycles. The predicted octanol–water partition coefficient (Wildman–Crippen LogP) is 6.24. The number of carbonyl (C=O) groups excluding carboxylic acids is 3. The number of anilines is 2. The molecule has 0 spiro atoms. The van der Waals surface area contributed by atoms with Crippen LogP contribution in [0.1, 0.15) is 22.8 Å². The third-order valence-electron chi connectivity index (χ3n) is 6.42. The fourth-order valence-electron chi connectivity index (χ4n) is 4.04. The highest BCUT2D eigenvalue weighted by Crippen LogP contribution is 2.28. The van der Waals surface area contributed by atoms with Crippen molar-refractivity contribution in [1.29, 1.82) is 0 Å². The minimum atomic E-state index is -0.535. The summed E-state index contributed by atoms with van der Waals surface area (Å²) in [4.78, 5) is 40.0. The summed E-state index contributed by atoms with van der Waals surface area (Å²) in [6.45, 7) is 1.82. The van der Waals surface area contributed by atoms with Crippen molar-refractivity contribution in [2.24, 2.45) is 0 Å². The van der Waals surface area contributed by atoms with Crippen LogP contribution in [-0.4, -0.2) is 44.3 Å². The van der Waals surface area contributed by atoms with Gasteiger partial charge in [-0.2, -0.15) is 0 Å². The van der Waals surface area contributed by atoms with Gasteiger partial charge in [-0.3, -0.25) is 14.4 Å². The molecular formula is C34H33N3O6S. The van der Waals surface area contributed by atoms with Gasteiger partial charge in [0.15, 0.2) is 0 Å². The van der Waals surface area contributed by atoms with E-state index in [0.717, 1.165) is 4.90 Å². The van der Waals surface area contributed by atoms with Gasteiger partial charge in [-0.15, -0.1) is 11.8 Å². The van der Waals surface area contributed by atoms with Gasteiger partial charge < -0.3 is 30.2 Å². The summed E-state index contributed by atoms with van der Waals surface area (Å²) in [7, 11) is 4.64. The number of benzene rings is 4. The van der Waals surface area contributed by atoms with E-state index in [0.29, 0.717) is 39.8 Å². The molecule has 0 bridgehead atoms. The molecule has 4 rings (SSSR count). The molecule has 9 nitrogen and oxygen atoms in total. The molecule has 1 atom stereocenters. The molecule has 4 aromatic carbocycles. The molecule has 10 heteroatoms. The van der Waals surface area contributed by atoms with Crippen molar-refractivity contribution >= 4 is 46.9 Å². The molecule has 0 aliphatic carbocycles. The minimum Gasteiger partial charge on any atom is -0.497 e. The fourth-order valence-corrected chi connectivity index (χ4v) is 4.91. The Morgan fingerprint density at radius 2 is 1.34 bits per heavy atom. The third-order valence-corrected chi connectivity index (χ3v) is 7.53. The average Bonchev–Trinajstić information content (AvgIpc) is 3.05. The highest BCUT2D eigenvalue weighted by Gasteiger charge is 2.18. The first kappa shape index (κ1) is 31.7. The lowest BCUT2D eigenvalue weighted by Crippen LogP contribution is -2.30. The van der Waals surface area contributed by atoms with E-state index in [1.54, 1.807) is 92.0 Å². The summed E-state index contributed by atoms with van der Waals surface area (Å²) in [5.41, 5.74) is 2.13. The Morgan fingerprint density at radius 1 is 0.727 bits per heavy atom. The zero-order valence-corrected chi connectivity index (χ0v) is 25.6. The molecule has 0 radical (unpaired) electrons. The number of hydrogen-bond donors (Lipinski definition) is 3. The Kier molecular flexibility index (Phi) is 11.0. The normalized spacial score (nSPS) is 11.6. The number of nitrogens with one attached hydrogen (secondary N) is 3. The molecule has 226 valence electrons. The maximum Gasteiger partial charge on any atom is 0.272 e. The average molecular weight is 612 g/mol. The van der Waals surface area contributed by atoms with Crippen LogP contribution in [0.4, 0.5) is 11.4 Å². The van der Waals surface area contributed by atoms with E-state index >= 15 is 0 Å². The molecule has 0 saturated carbocycles. The monoisotopic (exact) mass is 611 g/mol. The first-order valence-corrected chi connectivity index (χ1v) is 14.5. The lowest BCUT2D eigenvalue weighted by atomic mass is 10.1. The van der Waals surface area contributed by atoms with Crippen LogP contribution in [0.15, 0.2) is 108 Å². The van der Waals surface area contributed by atoms with Crippen LogP contribution in [-0.2, 0) is 9.59 Å². The number of amides is 3. The SMILES string of the molecule is COc1ccc(NC(=O)C(C)Sc2ccc(NC(=O)/C(=C/c3cc(OC)ccc3OC)NC(=O)c3ccccc3)cc2)cc1. The summed E-state index contributed by atoms with van der Waals surface area (Å²) < 4.78 is 15.9. The van der Waals surface area contributed by atoms with Crippen LogP contribution in [0.3, 0.4) is 0 Å². The van der Waals surface area contributed by atoms with Gasteiger partial charge >= 0.3 is 0 Å². The molecule has 3 amide bonds. The highest BCUT2D eigenvalue weighted by molar-refractivity contribution is 8.00. The second-order valence-electron chi connectivity index (χ2n) is 9.44. The van der Waals surface area contributed by atoms with E-state index in [4.69, 9.17) is 14.2 Å². The zero-order chi connectivity index (χ0) is 31.5. The maximum atomic E-state index is 13.5. The van der Waals surface area contributed by atoms with Gasteiger partial charge in [0.1, 0.15) is 22.9 Å². The summed E-state index contributed by atoms with van der Waals surface area (Å²) >= 11 is 1.38. The first-order chi connectivity index (χ1) is 21.3. The van der Waals surface area contributed by atoms with Crippen LogP contribution in [0.5, 0.6) is 17.2 Å². The van der Waals surface area contributed by atoms with Gasteiger partial charge in [0.05, 0.1) is 26.6 Å². The van der Waals surface area contributed by atoms with Crippen molar-refractivity contribution in [3.63, 3.8) is 0 Å². The van der Waals surface area contributed by atoms with Gasteiger partial charge in [0.2, 0.25) is 5.91 Å². The number of rotatable bonds is 12. The van der Waals surface area contributed by atoms with Gasteiger partial charge in [-0.05, 0) is 91.9 Å². The Bertz CT molecular complexity index is 1620. The first-order valence-electron chi connectivity index (χ1n) is 13.6. The molecule has 0 fully saturated rings. The molecule has 1 unspecified atom stereocenters. The maximum absolute atomic E-state index is 13.5. The lowest BCUT2D eigenvalue weighted by molar-refractivity contribution is -0.115. The molecule has 0 saturated heterocycles. The van der Waals surface area contributed by atoms with Crippen molar-refractivity contribution in [1.82, 2.24) is 5.32 Å². The van der Waals surface area contributed by atoms with Crippen LogP contribution in [0.2, 0.25) is 0 Å². The second-order valence-corrected chi connectivity index (χ2v) is 10.9. The minimum absolute atomic E-state index is 0.00711. The molecular weight excluding hydrogens is 578 g/mol. The number of hydrogen-bond acceptors (Lipinski definition) is 7. The Morgan fingerprint density at radius 3 is 1.98 bits per heavy atom. The van der Waals surface area contributed by atoms with Gasteiger partial charge in [-0.25, -0.2) is 0 Å². The smallest absolute Gasteiger partial charge is 0.272 e. The van der Waals surface area contributed by atoms with E-state index in [9.17, 15) is 14.4 Å². The molecule has 0 aromatic heterocycles. The summed E-state index contributed by atoms with van der Waals surface area (Å²) in [5, 5.41) is 8.08. The van der Waals surface area contributed by atoms with Gasteiger partial charge in [0.25, 0.3) is 11.8 Å². The third kappa shape index (κ3) is 8.65. The molecule has 3 N–H and O–H groups in total. The molecule has 0 aliphatic heterocycles. The van der Waals surface area contributed by atoms with Crippen LogP contribution in [0.25, 0.3) is 6.08 Å². The molecule has 4 aromatic rings. The van der Waals surface area contributed by atoms with Gasteiger partial charge in [0, 0.05) is 27.4 Å².